The van der Waals surface area contributed by atoms with Crippen molar-refractivity contribution in [1.82, 2.24) is 0 Å². The SMILES string of the molecule is COC(=O)c1c(C)cc(Br)c(N)c1C. The van der Waals surface area contributed by atoms with Gasteiger partial charge < -0.3 is 10.5 Å². The van der Waals surface area contributed by atoms with Crippen LogP contribution in [0.5, 0.6) is 0 Å². The maximum atomic E-state index is 11.4. The smallest absolute Gasteiger partial charge is 0.338 e. The number of methoxy groups -OCH3 is 1. The summed E-state index contributed by atoms with van der Waals surface area (Å²) in [4.78, 5) is 11.4. The summed E-state index contributed by atoms with van der Waals surface area (Å²) in [5, 5.41) is 0. The van der Waals surface area contributed by atoms with Crippen LogP contribution in [0.3, 0.4) is 0 Å². The average Bonchev–Trinajstić information content (AvgIpc) is 2.14. The molecule has 0 heterocycles. The van der Waals surface area contributed by atoms with Crippen LogP contribution in [0.2, 0.25) is 0 Å². The molecule has 2 N–H and O–H groups in total. The van der Waals surface area contributed by atoms with E-state index in [9.17, 15) is 4.79 Å². The van der Waals surface area contributed by atoms with Crippen molar-refractivity contribution in [1.29, 1.82) is 0 Å². The number of hydrogen-bond acceptors (Lipinski definition) is 3. The Morgan fingerprint density at radius 2 is 2.07 bits per heavy atom. The normalized spacial score (nSPS) is 10.0. The molecule has 4 heteroatoms. The Kier molecular flexibility index (Phi) is 3.16. The van der Waals surface area contributed by atoms with Crippen molar-refractivity contribution in [3.05, 3.63) is 27.2 Å². The lowest BCUT2D eigenvalue weighted by Crippen LogP contribution is -2.08. The van der Waals surface area contributed by atoms with Gasteiger partial charge in [0, 0.05) is 10.2 Å². The van der Waals surface area contributed by atoms with E-state index in [-0.39, 0.29) is 5.97 Å². The molecule has 0 saturated carbocycles. The minimum Gasteiger partial charge on any atom is -0.465 e. The van der Waals surface area contributed by atoms with Crippen molar-refractivity contribution in [2.45, 2.75) is 13.8 Å². The minimum absolute atomic E-state index is 0.348. The number of hydrogen-bond donors (Lipinski definition) is 1. The molecule has 0 radical (unpaired) electrons. The number of anilines is 1. The molecule has 0 aliphatic carbocycles. The third-order valence-corrected chi connectivity index (χ3v) is 2.82. The Bertz CT molecular complexity index is 388. The fourth-order valence-electron chi connectivity index (χ4n) is 1.37. The number of ether oxygens (including phenoxy) is 1. The van der Waals surface area contributed by atoms with E-state index in [0.717, 1.165) is 15.6 Å². The summed E-state index contributed by atoms with van der Waals surface area (Å²) in [6, 6.07) is 1.81. The van der Waals surface area contributed by atoms with Gasteiger partial charge in [-0.05, 0) is 47.0 Å². The van der Waals surface area contributed by atoms with E-state index in [1.807, 2.05) is 13.0 Å². The zero-order chi connectivity index (χ0) is 10.9. The fourth-order valence-corrected chi connectivity index (χ4v) is 2.01. The van der Waals surface area contributed by atoms with E-state index in [1.165, 1.54) is 7.11 Å². The fraction of sp³-hybridized carbons (Fsp3) is 0.300. The van der Waals surface area contributed by atoms with E-state index in [0.29, 0.717) is 11.3 Å². The lowest BCUT2D eigenvalue weighted by molar-refractivity contribution is 0.0599. The van der Waals surface area contributed by atoms with Gasteiger partial charge in [0.25, 0.3) is 0 Å². The molecule has 0 atom stereocenters. The molecule has 0 fully saturated rings. The van der Waals surface area contributed by atoms with Gasteiger partial charge >= 0.3 is 5.97 Å². The zero-order valence-electron chi connectivity index (χ0n) is 8.35. The van der Waals surface area contributed by atoms with Crippen LogP contribution < -0.4 is 5.73 Å². The molecular formula is C10H12BrNO2. The molecule has 3 nitrogen and oxygen atoms in total. The zero-order valence-corrected chi connectivity index (χ0v) is 9.94. The molecular weight excluding hydrogens is 246 g/mol. The van der Waals surface area contributed by atoms with Crippen molar-refractivity contribution in [3.63, 3.8) is 0 Å². The quantitative estimate of drug-likeness (QED) is 0.621. The second kappa shape index (κ2) is 4.00. The van der Waals surface area contributed by atoms with Gasteiger partial charge in [-0.2, -0.15) is 0 Å². The molecule has 0 aliphatic heterocycles. The van der Waals surface area contributed by atoms with Crippen molar-refractivity contribution in [3.8, 4) is 0 Å². The number of carbonyl (C=O) groups excluding carboxylic acids is 1. The summed E-state index contributed by atoms with van der Waals surface area (Å²) in [5.41, 5.74) is 8.53. The highest BCUT2D eigenvalue weighted by atomic mass is 79.9. The van der Waals surface area contributed by atoms with Crippen LogP contribution in [0, 0.1) is 13.8 Å². The maximum absolute atomic E-state index is 11.4. The lowest BCUT2D eigenvalue weighted by Gasteiger charge is -2.11. The predicted molar refractivity (Wildman–Crippen MR) is 59.4 cm³/mol. The highest BCUT2D eigenvalue weighted by Crippen LogP contribution is 2.29. The van der Waals surface area contributed by atoms with Gasteiger partial charge in [0.15, 0.2) is 0 Å². The third kappa shape index (κ3) is 1.75. The van der Waals surface area contributed by atoms with Gasteiger partial charge in [0.1, 0.15) is 0 Å². The molecule has 76 valence electrons. The van der Waals surface area contributed by atoms with E-state index >= 15 is 0 Å². The summed E-state index contributed by atoms with van der Waals surface area (Å²) in [6.45, 7) is 3.66. The van der Waals surface area contributed by atoms with Crippen LogP contribution in [0.4, 0.5) is 5.69 Å². The van der Waals surface area contributed by atoms with Gasteiger partial charge in [-0.1, -0.05) is 0 Å². The first-order valence-electron chi connectivity index (χ1n) is 4.12. The van der Waals surface area contributed by atoms with Gasteiger partial charge in [-0.3, -0.25) is 0 Å². The summed E-state index contributed by atoms with van der Waals surface area (Å²) in [6.07, 6.45) is 0. The lowest BCUT2D eigenvalue weighted by atomic mass is 10.0. The topological polar surface area (TPSA) is 52.3 Å². The van der Waals surface area contributed by atoms with E-state index in [4.69, 9.17) is 5.73 Å². The molecule has 14 heavy (non-hydrogen) atoms. The first-order valence-corrected chi connectivity index (χ1v) is 4.91. The molecule has 0 bridgehead atoms. The standard InChI is InChI=1S/C10H12BrNO2/c1-5-4-7(11)9(12)6(2)8(5)10(13)14-3/h4H,12H2,1-3H3. The number of carbonyl (C=O) groups is 1. The van der Waals surface area contributed by atoms with E-state index < -0.39 is 0 Å². The molecule has 0 unspecified atom stereocenters. The molecule has 1 aromatic rings. The van der Waals surface area contributed by atoms with Crippen LogP contribution in [0.25, 0.3) is 0 Å². The summed E-state index contributed by atoms with van der Waals surface area (Å²) in [7, 11) is 1.36. The number of esters is 1. The Labute approximate surface area is 91.4 Å². The average molecular weight is 258 g/mol. The van der Waals surface area contributed by atoms with Crippen LogP contribution in [0.15, 0.2) is 10.5 Å². The summed E-state index contributed by atoms with van der Waals surface area (Å²) < 4.78 is 5.49. The molecule has 0 aromatic heterocycles. The predicted octanol–water partition coefficient (Wildman–Crippen LogP) is 2.43. The van der Waals surface area contributed by atoms with Crippen LogP contribution in [-0.2, 0) is 4.74 Å². The van der Waals surface area contributed by atoms with Crippen molar-refractivity contribution in [2.24, 2.45) is 0 Å². The third-order valence-electron chi connectivity index (χ3n) is 2.16. The molecule has 0 aliphatic rings. The van der Waals surface area contributed by atoms with Crippen molar-refractivity contribution >= 4 is 27.6 Å². The highest BCUT2D eigenvalue weighted by Gasteiger charge is 2.16. The van der Waals surface area contributed by atoms with E-state index in [1.54, 1.807) is 6.92 Å². The first kappa shape index (κ1) is 11.0. The number of halogens is 1. The van der Waals surface area contributed by atoms with Crippen LogP contribution >= 0.6 is 15.9 Å². The molecule has 0 saturated heterocycles. The Balaban J connectivity index is 3.44. The Morgan fingerprint density at radius 1 is 1.50 bits per heavy atom. The number of nitrogens with two attached hydrogens (primary N) is 1. The Hall–Kier alpha value is -1.03. The van der Waals surface area contributed by atoms with Gasteiger partial charge in [0.05, 0.1) is 12.7 Å². The van der Waals surface area contributed by atoms with Gasteiger partial charge in [-0.25, -0.2) is 4.79 Å². The first-order chi connectivity index (χ1) is 6.49. The van der Waals surface area contributed by atoms with E-state index in [2.05, 4.69) is 20.7 Å². The van der Waals surface area contributed by atoms with Crippen LogP contribution in [0.1, 0.15) is 21.5 Å². The summed E-state index contributed by atoms with van der Waals surface area (Å²) in [5.74, 6) is -0.348. The molecule has 0 amide bonds. The van der Waals surface area contributed by atoms with Crippen molar-refractivity contribution in [2.75, 3.05) is 12.8 Å². The number of aryl methyl sites for hydroxylation is 1. The largest absolute Gasteiger partial charge is 0.465 e. The van der Waals surface area contributed by atoms with Gasteiger partial charge in [-0.15, -0.1) is 0 Å². The van der Waals surface area contributed by atoms with Crippen LogP contribution in [-0.4, -0.2) is 13.1 Å². The maximum Gasteiger partial charge on any atom is 0.338 e. The van der Waals surface area contributed by atoms with Crippen molar-refractivity contribution < 1.29 is 9.53 Å². The molecule has 1 rings (SSSR count). The van der Waals surface area contributed by atoms with Gasteiger partial charge in [0.2, 0.25) is 0 Å². The number of nitrogen functional groups attached to an aromatic ring is 1. The highest BCUT2D eigenvalue weighted by molar-refractivity contribution is 9.10. The monoisotopic (exact) mass is 257 g/mol. The Morgan fingerprint density at radius 3 is 2.57 bits per heavy atom. The second-order valence-corrected chi connectivity index (χ2v) is 3.93. The number of benzene rings is 1. The minimum atomic E-state index is -0.348. The molecule has 1 aromatic carbocycles. The number of rotatable bonds is 1. The molecule has 0 spiro atoms. The summed E-state index contributed by atoms with van der Waals surface area (Å²) >= 11 is 3.32. The second-order valence-electron chi connectivity index (χ2n) is 3.08.